The van der Waals surface area contributed by atoms with Gasteiger partial charge in [0.05, 0.1) is 5.56 Å². The number of hydrogen-bond donors (Lipinski definition) is 4. The van der Waals surface area contributed by atoms with E-state index in [-0.39, 0.29) is 23.5 Å². The Labute approximate surface area is 133 Å². The molecular weight excluding hydrogens is 292 g/mol. The third kappa shape index (κ3) is 2.26. The number of rotatable bonds is 2. The first kappa shape index (κ1) is 13.8. The number of phenolic OH excluding ortho intramolecular Hbond substituents is 1. The van der Waals surface area contributed by atoms with E-state index >= 15 is 0 Å². The van der Waals surface area contributed by atoms with Gasteiger partial charge in [-0.15, -0.1) is 0 Å². The molecule has 2 aliphatic rings. The second kappa shape index (κ2) is 5.14. The van der Waals surface area contributed by atoms with Crippen LogP contribution in [0.15, 0.2) is 42.5 Å². The molecule has 1 aliphatic carbocycles. The van der Waals surface area contributed by atoms with Crippen LogP contribution in [0.25, 0.3) is 6.08 Å². The standard InChI is InChI=1S/C18H16N2O3/c21-15-8-7-11(18(22)23)9-12(15)17-19-13-5-1-3-10-4-2-6-14(20-17)16(10)13/h1-5,7-9,14,17,19-21H,6H2,(H,22,23). The molecule has 5 nitrogen and oxygen atoms in total. The van der Waals surface area contributed by atoms with E-state index in [1.165, 1.54) is 29.3 Å². The molecule has 0 saturated carbocycles. The number of nitrogens with one attached hydrogen (secondary N) is 2. The van der Waals surface area contributed by atoms with Crippen LogP contribution in [-0.4, -0.2) is 16.2 Å². The molecule has 23 heavy (non-hydrogen) atoms. The maximum Gasteiger partial charge on any atom is 0.335 e. The van der Waals surface area contributed by atoms with Crippen LogP contribution in [-0.2, 0) is 0 Å². The van der Waals surface area contributed by atoms with Crippen LogP contribution in [0.5, 0.6) is 5.75 Å². The summed E-state index contributed by atoms with van der Waals surface area (Å²) in [6, 6.07) is 10.6. The van der Waals surface area contributed by atoms with Gasteiger partial charge < -0.3 is 15.5 Å². The SMILES string of the molecule is O=C(O)c1ccc(O)c(C2Nc3cccc4c3C(CC=C4)N2)c1. The molecule has 0 bridgehead atoms. The number of carboxylic acid groups (broad SMARTS) is 1. The molecule has 0 spiro atoms. The summed E-state index contributed by atoms with van der Waals surface area (Å²) >= 11 is 0. The highest BCUT2D eigenvalue weighted by Crippen LogP contribution is 2.41. The van der Waals surface area contributed by atoms with Gasteiger partial charge in [0.15, 0.2) is 0 Å². The Morgan fingerprint density at radius 1 is 1.22 bits per heavy atom. The van der Waals surface area contributed by atoms with Gasteiger partial charge in [0.2, 0.25) is 0 Å². The van der Waals surface area contributed by atoms with Crippen molar-refractivity contribution in [3.63, 3.8) is 0 Å². The smallest absolute Gasteiger partial charge is 0.335 e. The molecule has 1 aliphatic heterocycles. The number of carboxylic acids is 1. The van der Waals surface area contributed by atoms with Crippen LogP contribution >= 0.6 is 0 Å². The Kier molecular flexibility index (Phi) is 3.09. The van der Waals surface area contributed by atoms with Crippen LogP contribution in [0.3, 0.4) is 0 Å². The lowest BCUT2D eigenvalue weighted by Crippen LogP contribution is -2.37. The summed E-state index contributed by atoms with van der Waals surface area (Å²) in [5.74, 6) is -0.934. The third-order valence-electron chi connectivity index (χ3n) is 4.41. The summed E-state index contributed by atoms with van der Waals surface area (Å²) in [6.07, 6.45) is 4.76. The van der Waals surface area contributed by atoms with Gasteiger partial charge >= 0.3 is 5.97 Å². The number of benzene rings is 2. The average molecular weight is 308 g/mol. The summed E-state index contributed by atoms with van der Waals surface area (Å²) in [5, 5.41) is 26.1. The van der Waals surface area contributed by atoms with E-state index < -0.39 is 5.97 Å². The fourth-order valence-corrected chi connectivity index (χ4v) is 3.33. The third-order valence-corrected chi connectivity index (χ3v) is 4.41. The first-order chi connectivity index (χ1) is 11.1. The zero-order valence-electron chi connectivity index (χ0n) is 12.3. The largest absolute Gasteiger partial charge is 0.508 e. The molecule has 4 rings (SSSR count). The van der Waals surface area contributed by atoms with Gasteiger partial charge in [0.1, 0.15) is 11.9 Å². The van der Waals surface area contributed by atoms with Crippen molar-refractivity contribution >= 4 is 17.7 Å². The normalized spacial score (nSPS) is 21.4. The molecule has 4 N–H and O–H groups in total. The summed E-state index contributed by atoms with van der Waals surface area (Å²) in [6.45, 7) is 0. The number of carbonyl (C=O) groups is 1. The quantitative estimate of drug-likeness (QED) is 0.684. The minimum absolute atomic E-state index is 0.0750. The van der Waals surface area contributed by atoms with E-state index in [9.17, 15) is 9.90 Å². The molecule has 0 radical (unpaired) electrons. The maximum absolute atomic E-state index is 11.2. The van der Waals surface area contributed by atoms with Crippen molar-refractivity contribution < 1.29 is 15.0 Å². The monoisotopic (exact) mass is 308 g/mol. The van der Waals surface area contributed by atoms with Crippen molar-refractivity contribution in [2.24, 2.45) is 0 Å². The second-order valence-electron chi connectivity index (χ2n) is 5.82. The van der Waals surface area contributed by atoms with Crippen molar-refractivity contribution in [1.29, 1.82) is 0 Å². The predicted octanol–water partition coefficient (Wildman–Crippen LogP) is 3.26. The lowest BCUT2D eigenvalue weighted by Gasteiger charge is -2.37. The molecule has 0 amide bonds. The lowest BCUT2D eigenvalue weighted by atomic mass is 9.88. The van der Waals surface area contributed by atoms with Gasteiger partial charge in [-0.3, -0.25) is 5.32 Å². The number of anilines is 1. The Hall–Kier alpha value is -2.79. The minimum atomic E-state index is -1.01. The summed E-state index contributed by atoms with van der Waals surface area (Å²) in [5.41, 5.74) is 4.11. The van der Waals surface area contributed by atoms with E-state index in [1.807, 2.05) is 12.1 Å². The van der Waals surface area contributed by atoms with Crippen LogP contribution in [0.2, 0.25) is 0 Å². The van der Waals surface area contributed by atoms with Crippen LogP contribution in [0.4, 0.5) is 5.69 Å². The summed E-state index contributed by atoms with van der Waals surface area (Å²) < 4.78 is 0. The summed E-state index contributed by atoms with van der Waals surface area (Å²) in [4.78, 5) is 11.2. The highest BCUT2D eigenvalue weighted by Gasteiger charge is 2.30. The Morgan fingerprint density at radius 2 is 2.09 bits per heavy atom. The average Bonchev–Trinajstić information content (AvgIpc) is 2.55. The Bertz CT molecular complexity index is 829. The zero-order chi connectivity index (χ0) is 16.0. The zero-order valence-corrected chi connectivity index (χ0v) is 12.3. The predicted molar refractivity (Wildman–Crippen MR) is 87.4 cm³/mol. The molecule has 0 aromatic heterocycles. The van der Waals surface area contributed by atoms with Crippen LogP contribution in [0, 0.1) is 0 Å². The van der Waals surface area contributed by atoms with E-state index in [2.05, 4.69) is 28.9 Å². The first-order valence-corrected chi connectivity index (χ1v) is 7.52. The van der Waals surface area contributed by atoms with Crippen LogP contribution in [0.1, 0.15) is 45.7 Å². The topological polar surface area (TPSA) is 81.6 Å². The van der Waals surface area contributed by atoms with Crippen molar-refractivity contribution in [2.75, 3.05) is 5.32 Å². The van der Waals surface area contributed by atoms with E-state index in [0.717, 1.165) is 12.1 Å². The molecule has 2 atom stereocenters. The van der Waals surface area contributed by atoms with Gasteiger partial charge in [-0.1, -0.05) is 24.3 Å². The van der Waals surface area contributed by atoms with Crippen molar-refractivity contribution in [1.82, 2.24) is 5.32 Å². The van der Waals surface area contributed by atoms with Crippen molar-refractivity contribution in [2.45, 2.75) is 18.6 Å². The highest BCUT2D eigenvalue weighted by molar-refractivity contribution is 5.88. The Balaban J connectivity index is 1.76. The highest BCUT2D eigenvalue weighted by atomic mass is 16.4. The first-order valence-electron chi connectivity index (χ1n) is 7.52. The minimum Gasteiger partial charge on any atom is -0.508 e. The number of phenols is 1. The number of hydrogen-bond acceptors (Lipinski definition) is 4. The van der Waals surface area contributed by atoms with E-state index in [1.54, 1.807) is 0 Å². The fourth-order valence-electron chi connectivity index (χ4n) is 3.33. The molecule has 116 valence electrons. The molecule has 0 fully saturated rings. The number of aromatic carboxylic acids is 1. The molecule has 2 aromatic carbocycles. The molecule has 2 aromatic rings. The molecule has 0 saturated heterocycles. The van der Waals surface area contributed by atoms with Gasteiger partial charge in [0, 0.05) is 17.3 Å². The van der Waals surface area contributed by atoms with Gasteiger partial charge in [-0.25, -0.2) is 4.79 Å². The Morgan fingerprint density at radius 3 is 2.91 bits per heavy atom. The van der Waals surface area contributed by atoms with Gasteiger partial charge in [-0.05, 0) is 41.8 Å². The van der Waals surface area contributed by atoms with Crippen molar-refractivity contribution in [3.05, 3.63) is 64.7 Å². The second-order valence-corrected chi connectivity index (χ2v) is 5.82. The van der Waals surface area contributed by atoms with Crippen LogP contribution < -0.4 is 10.6 Å². The molecular formula is C18H16N2O3. The van der Waals surface area contributed by atoms with E-state index in [4.69, 9.17) is 5.11 Å². The van der Waals surface area contributed by atoms with Gasteiger partial charge in [0.25, 0.3) is 0 Å². The summed E-state index contributed by atoms with van der Waals surface area (Å²) in [7, 11) is 0. The molecule has 5 heteroatoms. The van der Waals surface area contributed by atoms with E-state index in [0.29, 0.717) is 5.56 Å². The fraction of sp³-hybridized carbons (Fsp3) is 0.167. The number of aromatic hydroxyl groups is 1. The lowest BCUT2D eigenvalue weighted by molar-refractivity contribution is 0.0696. The molecule has 1 heterocycles. The maximum atomic E-state index is 11.2. The van der Waals surface area contributed by atoms with Gasteiger partial charge in [-0.2, -0.15) is 0 Å². The van der Waals surface area contributed by atoms with Crippen molar-refractivity contribution in [3.8, 4) is 5.75 Å². The molecule has 2 unspecified atom stereocenters.